The summed E-state index contributed by atoms with van der Waals surface area (Å²) in [6, 6.07) is 0. The lowest BCUT2D eigenvalue weighted by Gasteiger charge is -2.05. The van der Waals surface area contributed by atoms with Gasteiger partial charge in [-0.3, -0.25) is 4.79 Å². The zero-order valence-electron chi connectivity index (χ0n) is 18.8. The minimum Gasteiger partial charge on any atom is -0.395 e. The van der Waals surface area contributed by atoms with E-state index in [4.69, 9.17) is 9.94 Å². The highest BCUT2D eigenvalue weighted by Gasteiger charge is 2.02. The number of unbranched alkanes of at least 4 members (excludes halogenated alkanes) is 18. The Kier molecular flexibility index (Phi) is 23.9. The van der Waals surface area contributed by atoms with Crippen LogP contribution >= 0.6 is 0 Å². The van der Waals surface area contributed by atoms with Crippen molar-refractivity contribution in [2.75, 3.05) is 13.2 Å². The second-order valence-electron chi connectivity index (χ2n) is 8.21. The van der Waals surface area contributed by atoms with Gasteiger partial charge in [0.1, 0.15) is 0 Å². The highest BCUT2D eigenvalue weighted by atomic mass is 16.7. The number of hydrogen-bond donors (Lipinski definition) is 2. The third-order valence-electron chi connectivity index (χ3n) is 5.38. The van der Waals surface area contributed by atoms with Gasteiger partial charge in [-0.25, -0.2) is 0 Å². The quantitative estimate of drug-likeness (QED) is 0.146. The summed E-state index contributed by atoms with van der Waals surface area (Å²) in [5, 5.41) is 8.57. The zero-order valence-corrected chi connectivity index (χ0v) is 18.8. The summed E-state index contributed by atoms with van der Waals surface area (Å²) in [6.07, 6.45) is 26.2. The second-order valence-corrected chi connectivity index (χ2v) is 8.21. The summed E-state index contributed by atoms with van der Waals surface area (Å²) < 4.78 is 0. The summed E-state index contributed by atoms with van der Waals surface area (Å²) in [4.78, 5) is 16.1. The van der Waals surface area contributed by atoms with Gasteiger partial charge in [0.2, 0.25) is 0 Å². The van der Waals surface area contributed by atoms with Crippen molar-refractivity contribution in [3.05, 3.63) is 0 Å². The van der Waals surface area contributed by atoms with E-state index in [2.05, 4.69) is 12.4 Å². The molecule has 0 bridgehead atoms. The van der Waals surface area contributed by atoms with Gasteiger partial charge < -0.3 is 9.94 Å². The van der Waals surface area contributed by atoms with Gasteiger partial charge >= 0.3 is 5.97 Å². The fraction of sp³-hybridized carbons (Fsp3) is 0.958. The van der Waals surface area contributed by atoms with Gasteiger partial charge in [-0.2, -0.15) is 5.48 Å². The first-order valence-corrected chi connectivity index (χ1v) is 12.3. The summed E-state index contributed by atoms with van der Waals surface area (Å²) in [7, 11) is 0. The Labute approximate surface area is 175 Å². The number of hydrogen-bond acceptors (Lipinski definition) is 4. The topological polar surface area (TPSA) is 58.6 Å². The lowest BCUT2D eigenvalue weighted by atomic mass is 10.0. The maximum Gasteiger partial charge on any atom is 0.324 e. The lowest BCUT2D eigenvalue weighted by Crippen LogP contribution is -2.22. The first-order chi connectivity index (χ1) is 13.8. The molecular weight excluding hydrogens is 350 g/mol. The molecule has 2 N–H and O–H groups in total. The molecule has 0 aliphatic rings. The summed E-state index contributed by atoms with van der Waals surface area (Å²) in [5.41, 5.74) is 2.45. The molecule has 0 aromatic carbocycles. The molecule has 0 aliphatic carbocycles. The fourth-order valence-corrected chi connectivity index (χ4v) is 3.58. The molecule has 0 heterocycles. The van der Waals surface area contributed by atoms with Crippen molar-refractivity contribution in [1.29, 1.82) is 0 Å². The van der Waals surface area contributed by atoms with E-state index in [1.807, 2.05) is 0 Å². The van der Waals surface area contributed by atoms with Crippen molar-refractivity contribution in [2.45, 2.75) is 135 Å². The number of nitrogens with one attached hydrogen (secondary N) is 1. The standard InChI is InChI=1S/C24H49NO3/c1-2-3-4-5-6-7-8-9-10-11-12-13-14-15-16-17-18-19-20-21-24(27)28-25-22-23-26/h25-26H,2-23H2,1H3. The van der Waals surface area contributed by atoms with Crippen molar-refractivity contribution in [2.24, 2.45) is 0 Å². The smallest absolute Gasteiger partial charge is 0.324 e. The minimum atomic E-state index is -0.222. The molecule has 4 heteroatoms. The molecule has 0 radical (unpaired) electrons. The van der Waals surface area contributed by atoms with Crippen LogP contribution in [0.3, 0.4) is 0 Å². The van der Waals surface area contributed by atoms with Crippen LogP contribution in [0.4, 0.5) is 0 Å². The number of carbonyl (C=O) groups excluding carboxylic acids is 1. The average Bonchev–Trinajstić information content (AvgIpc) is 2.70. The average molecular weight is 400 g/mol. The summed E-state index contributed by atoms with van der Waals surface area (Å²) in [6.45, 7) is 2.56. The number of hydroxylamine groups is 1. The molecule has 0 rings (SSSR count). The van der Waals surface area contributed by atoms with E-state index in [1.165, 1.54) is 109 Å². The molecule has 0 amide bonds. The molecule has 0 aromatic heterocycles. The van der Waals surface area contributed by atoms with E-state index < -0.39 is 0 Å². The third kappa shape index (κ3) is 23.4. The number of carbonyl (C=O) groups is 1. The van der Waals surface area contributed by atoms with Crippen molar-refractivity contribution in [3.8, 4) is 0 Å². The van der Waals surface area contributed by atoms with Gasteiger partial charge in [-0.15, -0.1) is 0 Å². The van der Waals surface area contributed by atoms with E-state index in [-0.39, 0.29) is 12.6 Å². The highest BCUT2D eigenvalue weighted by Crippen LogP contribution is 2.14. The lowest BCUT2D eigenvalue weighted by molar-refractivity contribution is -0.151. The minimum absolute atomic E-state index is 0.0213. The molecule has 0 saturated carbocycles. The predicted molar refractivity (Wildman–Crippen MR) is 119 cm³/mol. The first-order valence-electron chi connectivity index (χ1n) is 12.3. The first kappa shape index (κ1) is 27.4. The number of rotatable bonds is 23. The van der Waals surface area contributed by atoms with Gasteiger partial charge in [0.15, 0.2) is 0 Å². The summed E-state index contributed by atoms with van der Waals surface area (Å²) in [5.74, 6) is -0.222. The van der Waals surface area contributed by atoms with Crippen LogP contribution in [0.2, 0.25) is 0 Å². The molecule has 0 aliphatic heterocycles. The third-order valence-corrected chi connectivity index (χ3v) is 5.38. The predicted octanol–water partition coefficient (Wildman–Crippen LogP) is 6.85. The summed E-state index contributed by atoms with van der Waals surface area (Å²) >= 11 is 0. The van der Waals surface area contributed by atoms with Crippen LogP contribution in [0.15, 0.2) is 0 Å². The van der Waals surface area contributed by atoms with E-state index in [0.717, 1.165) is 12.8 Å². The van der Waals surface area contributed by atoms with Crippen LogP contribution in [-0.2, 0) is 9.63 Å². The van der Waals surface area contributed by atoms with Gasteiger partial charge in [0, 0.05) is 6.42 Å². The Morgan fingerprint density at radius 1 is 0.643 bits per heavy atom. The largest absolute Gasteiger partial charge is 0.395 e. The van der Waals surface area contributed by atoms with Gasteiger partial charge in [-0.05, 0) is 6.42 Å². The van der Waals surface area contributed by atoms with Crippen molar-refractivity contribution in [1.82, 2.24) is 5.48 Å². The van der Waals surface area contributed by atoms with Crippen molar-refractivity contribution in [3.63, 3.8) is 0 Å². The van der Waals surface area contributed by atoms with E-state index in [9.17, 15) is 4.79 Å². The van der Waals surface area contributed by atoms with Gasteiger partial charge in [0.05, 0.1) is 13.2 Å². The SMILES string of the molecule is CCCCCCCCCCCCCCCCCCCCCC(=O)ONCCO. The Bertz CT molecular complexity index is 310. The molecule has 4 nitrogen and oxygen atoms in total. The maximum atomic E-state index is 11.3. The van der Waals surface area contributed by atoms with E-state index in [0.29, 0.717) is 13.0 Å². The molecule has 0 saturated heterocycles. The Morgan fingerprint density at radius 2 is 1.00 bits per heavy atom. The van der Waals surface area contributed by atoms with Gasteiger partial charge in [0.25, 0.3) is 0 Å². The molecule has 0 spiro atoms. The van der Waals surface area contributed by atoms with Crippen molar-refractivity contribution >= 4 is 5.97 Å². The number of aliphatic hydroxyl groups is 1. The van der Waals surface area contributed by atoms with Crippen molar-refractivity contribution < 1.29 is 14.7 Å². The van der Waals surface area contributed by atoms with Crippen LogP contribution in [0, 0.1) is 0 Å². The Hall–Kier alpha value is -0.610. The van der Waals surface area contributed by atoms with E-state index >= 15 is 0 Å². The van der Waals surface area contributed by atoms with E-state index in [1.54, 1.807) is 0 Å². The normalized spacial score (nSPS) is 11.1. The van der Waals surface area contributed by atoms with Crippen LogP contribution in [0.1, 0.15) is 135 Å². The molecule has 28 heavy (non-hydrogen) atoms. The second kappa shape index (κ2) is 24.4. The number of aliphatic hydroxyl groups excluding tert-OH is 1. The van der Waals surface area contributed by atoms with Crippen LogP contribution in [-0.4, -0.2) is 24.2 Å². The molecule has 168 valence electrons. The Balaban J connectivity index is 3.06. The zero-order chi connectivity index (χ0) is 20.5. The Morgan fingerprint density at radius 3 is 1.36 bits per heavy atom. The highest BCUT2D eigenvalue weighted by molar-refractivity contribution is 5.68. The van der Waals surface area contributed by atoms with Crippen LogP contribution < -0.4 is 5.48 Å². The van der Waals surface area contributed by atoms with Crippen LogP contribution in [0.5, 0.6) is 0 Å². The maximum absolute atomic E-state index is 11.3. The molecule has 0 atom stereocenters. The molecule has 0 fully saturated rings. The van der Waals surface area contributed by atoms with Gasteiger partial charge in [-0.1, -0.05) is 122 Å². The molecular formula is C24H49NO3. The monoisotopic (exact) mass is 399 g/mol. The molecule has 0 unspecified atom stereocenters. The van der Waals surface area contributed by atoms with Crippen LogP contribution in [0.25, 0.3) is 0 Å². The fourth-order valence-electron chi connectivity index (χ4n) is 3.58. The molecule has 0 aromatic rings.